The first kappa shape index (κ1) is 15.0. The van der Waals surface area contributed by atoms with Gasteiger partial charge in [-0.05, 0) is 40.9 Å². The second kappa shape index (κ2) is 7.39. The molecule has 1 atom stereocenters. The minimum Gasteiger partial charge on any atom is -0.494 e. The van der Waals surface area contributed by atoms with Crippen molar-refractivity contribution in [1.82, 2.24) is 10.2 Å². The molecule has 1 aromatic rings. The predicted octanol–water partition coefficient (Wildman–Crippen LogP) is 2.69. The van der Waals surface area contributed by atoms with E-state index in [1.54, 1.807) is 0 Å². The van der Waals surface area contributed by atoms with Crippen LogP contribution in [0.2, 0.25) is 0 Å². The van der Waals surface area contributed by atoms with Crippen LogP contribution in [0.4, 0.5) is 0 Å². The summed E-state index contributed by atoms with van der Waals surface area (Å²) in [6, 6.07) is 9.10. The molecule has 0 aromatic heterocycles. The number of hydrogen-bond acceptors (Lipinski definition) is 3. The lowest BCUT2D eigenvalue weighted by molar-refractivity contribution is 0.242. The van der Waals surface area contributed by atoms with Gasteiger partial charge in [-0.2, -0.15) is 0 Å². The summed E-state index contributed by atoms with van der Waals surface area (Å²) in [5.74, 6) is 0.983. The summed E-state index contributed by atoms with van der Waals surface area (Å²) in [6.45, 7) is 8.11. The van der Waals surface area contributed by atoms with Crippen molar-refractivity contribution in [3.05, 3.63) is 29.8 Å². The molecule has 1 rings (SSSR count). The molecule has 0 saturated heterocycles. The van der Waals surface area contributed by atoms with E-state index in [0.29, 0.717) is 18.7 Å². The molecule has 1 N–H and O–H groups in total. The molecule has 0 saturated carbocycles. The van der Waals surface area contributed by atoms with Crippen molar-refractivity contribution in [2.45, 2.75) is 32.9 Å². The first-order chi connectivity index (χ1) is 8.60. The van der Waals surface area contributed by atoms with Crippen LogP contribution in [0, 0.1) is 0 Å². The molecule has 3 heteroatoms. The quantitative estimate of drug-likeness (QED) is 0.805. The summed E-state index contributed by atoms with van der Waals surface area (Å²) >= 11 is 0. The zero-order chi connectivity index (χ0) is 13.5. The number of rotatable bonds is 7. The molecule has 0 aliphatic rings. The maximum Gasteiger partial charge on any atom is 0.124 e. The molecule has 0 fully saturated rings. The summed E-state index contributed by atoms with van der Waals surface area (Å²) in [5.41, 5.74) is 1.23. The maximum absolute atomic E-state index is 5.70. The molecule has 0 radical (unpaired) electrons. The molecule has 0 aliphatic carbocycles. The Morgan fingerprint density at radius 3 is 2.50 bits per heavy atom. The van der Waals surface area contributed by atoms with E-state index in [-0.39, 0.29) is 0 Å². The van der Waals surface area contributed by atoms with E-state index in [1.807, 2.05) is 26.1 Å². The van der Waals surface area contributed by atoms with Crippen LogP contribution in [0.5, 0.6) is 5.75 Å². The average Bonchev–Trinajstić information content (AvgIpc) is 2.37. The monoisotopic (exact) mass is 250 g/mol. The summed E-state index contributed by atoms with van der Waals surface area (Å²) < 4.78 is 5.70. The lowest BCUT2D eigenvalue weighted by Crippen LogP contribution is -2.35. The molecule has 0 heterocycles. The van der Waals surface area contributed by atoms with E-state index in [2.05, 4.69) is 43.2 Å². The predicted molar refractivity (Wildman–Crippen MR) is 77.2 cm³/mol. The van der Waals surface area contributed by atoms with Gasteiger partial charge in [0.25, 0.3) is 0 Å². The van der Waals surface area contributed by atoms with Crippen molar-refractivity contribution in [2.75, 3.05) is 27.2 Å². The second-order valence-corrected chi connectivity index (χ2v) is 4.85. The van der Waals surface area contributed by atoms with Gasteiger partial charge in [0.05, 0.1) is 6.61 Å². The molecule has 0 bridgehead atoms. The van der Waals surface area contributed by atoms with Gasteiger partial charge < -0.3 is 15.0 Å². The van der Waals surface area contributed by atoms with Crippen molar-refractivity contribution in [3.8, 4) is 5.75 Å². The van der Waals surface area contributed by atoms with Gasteiger partial charge in [0, 0.05) is 24.2 Å². The Hall–Kier alpha value is -1.06. The Morgan fingerprint density at radius 2 is 1.94 bits per heavy atom. The zero-order valence-electron chi connectivity index (χ0n) is 12.2. The Bertz CT molecular complexity index is 352. The van der Waals surface area contributed by atoms with Crippen LogP contribution in [0.3, 0.4) is 0 Å². The molecule has 0 spiro atoms. The molecule has 0 amide bonds. The Kier molecular flexibility index (Phi) is 6.16. The third kappa shape index (κ3) is 4.00. The number of benzene rings is 1. The Labute approximate surface area is 111 Å². The Morgan fingerprint density at radius 1 is 1.28 bits per heavy atom. The van der Waals surface area contributed by atoms with E-state index in [4.69, 9.17) is 4.74 Å². The van der Waals surface area contributed by atoms with Crippen LogP contribution in [0.1, 0.15) is 32.4 Å². The van der Waals surface area contributed by atoms with E-state index >= 15 is 0 Å². The summed E-state index contributed by atoms with van der Waals surface area (Å²) in [4.78, 5) is 2.34. The standard InChI is InChI=1S/C15H26N2O/c1-6-18-15-10-8-7-9-13(15)14(16-4)11-17(5)12(2)3/h7-10,12,14,16H,6,11H2,1-5H3. The third-order valence-corrected chi connectivity index (χ3v) is 3.29. The molecule has 0 aliphatic heterocycles. The van der Waals surface area contributed by atoms with Crippen molar-refractivity contribution in [2.24, 2.45) is 0 Å². The van der Waals surface area contributed by atoms with Crippen LogP contribution in [0.15, 0.2) is 24.3 Å². The van der Waals surface area contributed by atoms with Crippen molar-refractivity contribution in [1.29, 1.82) is 0 Å². The van der Waals surface area contributed by atoms with Gasteiger partial charge >= 0.3 is 0 Å². The zero-order valence-corrected chi connectivity index (χ0v) is 12.2. The highest BCUT2D eigenvalue weighted by Crippen LogP contribution is 2.25. The minimum absolute atomic E-state index is 0.292. The molecule has 3 nitrogen and oxygen atoms in total. The molecular formula is C15H26N2O. The van der Waals surface area contributed by atoms with Crippen LogP contribution >= 0.6 is 0 Å². The van der Waals surface area contributed by atoms with Crippen molar-refractivity contribution in [3.63, 3.8) is 0 Å². The number of ether oxygens (including phenoxy) is 1. The van der Waals surface area contributed by atoms with E-state index in [1.165, 1.54) is 5.56 Å². The fourth-order valence-corrected chi connectivity index (χ4v) is 1.90. The number of hydrogen-bond donors (Lipinski definition) is 1. The van der Waals surface area contributed by atoms with Gasteiger partial charge in [0.1, 0.15) is 5.75 Å². The molecule has 18 heavy (non-hydrogen) atoms. The lowest BCUT2D eigenvalue weighted by atomic mass is 10.0. The normalized spacial score (nSPS) is 13.1. The SMILES string of the molecule is CCOc1ccccc1C(CN(C)C(C)C)NC. The molecule has 1 aromatic carbocycles. The average molecular weight is 250 g/mol. The van der Waals surface area contributed by atoms with Crippen LogP contribution in [-0.4, -0.2) is 38.2 Å². The second-order valence-electron chi connectivity index (χ2n) is 4.85. The summed E-state index contributed by atoms with van der Waals surface area (Å²) in [7, 11) is 4.15. The maximum atomic E-state index is 5.70. The van der Waals surface area contributed by atoms with Crippen LogP contribution in [0.25, 0.3) is 0 Å². The minimum atomic E-state index is 0.292. The highest BCUT2D eigenvalue weighted by molar-refractivity contribution is 5.36. The lowest BCUT2D eigenvalue weighted by Gasteiger charge is -2.28. The summed E-state index contributed by atoms with van der Waals surface area (Å²) in [6.07, 6.45) is 0. The smallest absolute Gasteiger partial charge is 0.124 e. The highest BCUT2D eigenvalue weighted by atomic mass is 16.5. The first-order valence-corrected chi connectivity index (χ1v) is 6.69. The summed E-state index contributed by atoms with van der Waals surface area (Å²) in [5, 5.41) is 3.38. The highest BCUT2D eigenvalue weighted by Gasteiger charge is 2.17. The van der Waals surface area contributed by atoms with Gasteiger partial charge in [-0.1, -0.05) is 18.2 Å². The van der Waals surface area contributed by atoms with Gasteiger partial charge in [-0.25, -0.2) is 0 Å². The number of nitrogens with one attached hydrogen (secondary N) is 1. The molecular weight excluding hydrogens is 224 g/mol. The van der Waals surface area contributed by atoms with Crippen LogP contribution in [-0.2, 0) is 0 Å². The van der Waals surface area contributed by atoms with Crippen molar-refractivity contribution >= 4 is 0 Å². The number of nitrogens with zero attached hydrogens (tertiary/aromatic N) is 1. The van der Waals surface area contributed by atoms with E-state index in [9.17, 15) is 0 Å². The van der Waals surface area contributed by atoms with Crippen LogP contribution < -0.4 is 10.1 Å². The van der Waals surface area contributed by atoms with Gasteiger partial charge in [0.15, 0.2) is 0 Å². The van der Waals surface area contributed by atoms with Gasteiger partial charge in [0.2, 0.25) is 0 Å². The fraction of sp³-hybridized carbons (Fsp3) is 0.600. The number of para-hydroxylation sites is 1. The topological polar surface area (TPSA) is 24.5 Å². The van der Waals surface area contributed by atoms with Gasteiger partial charge in [-0.15, -0.1) is 0 Å². The van der Waals surface area contributed by atoms with Crippen molar-refractivity contribution < 1.29 is 4.74 Å². The van der Waals surface area contributed by atoms with E-state index in [0.717, 1.165) is 12.3 Å². The molecule has 1 unspecified atom stereocenters. The first-order valence-electron chi connectivity index (χ1n) is 6.69. The van der Waals surface area contributed by atoms with Gasteiger partial charge in [-0.3, -0.25) is 0 Å². The molecule has 102 valence electrons. The fourth-order valence-electron chi connectivity index (χ4n) is 1.90. The third-order valence-electron chi connectivity index (χ3n) is 3.29. The van der Waals surface area contributed by atoms with E-state index < -0.39 is 0 Å². The number of likely N-dealkylation sites (N-methyl/N-ethyl adjacent to an activating group) is 2. The largest absolute Gasteiger partial charge is 0.494 e. The Balaban J connectivity index is 2.87.